The quantitative estimate of drug-likeness (QED) is 0.751. The van der Waals surface area contributed by atoms with E-state index in [1.54, 1.807) is 0 Å². The lowest BCUT2D eigenvalue weighted by Crippen LogP contribution is -2.50. The van der Waals surface area contributed by atoms with Crippen LogP contribution < -0.4 is 0 Å². The van der Waals surface area contributed by atoms with Gasteiger partial charge in [-0.05, 0) is 31.6 Å². The third kappa shape index (κ3) is 2.57. The molecule has 2 rings (SSSR count). The number of likely N-dealkylation sites (tertiary alicyclic amines) is 1. The Balaban J connectivity index is 2.00. The number of hydrogen-bond donors (Lipinski definition) is 0. The number of piperidine rings is 1. The van der Waals surface area contributed by atoms with Crippen LogP contribution in [0.3, 0.4) is 0 Å². The van der Waals surface area contributed by atoms with Crippen molar-refractivity contribution in [2.24, 2.45) is 11.3 Å². The normalized spacial score (nSPS) is 34.2. The summed E-state index contributed by atoms with van der Waals surface area (Å²) in [6, 6.07) is 0.445. The van der Waals surface area contributed by atoms with Crippen molar-refractivity contribution in [1.29, 1.82) is 0 Å². The Labute approximate surface area is 106 Å². The molecule has 0 bridgehead atoms. The van der Waals surface area contributed by atoms with E-state index < -0.39 is 0 Å². The summed E-state index contributed by atoms with van der Waals surface area (Å²) < 4.78 is 0. The van der Waals surface area contributed by atoms with E-state index in [9.17, 15) is 4.79 Å². The second-order valence-electron chi connectivity index (χ2n) is 6.28. The van der Waals surface area contributed by atoms with Gasteiger partial charge in [0.25, 0.3) is 0 Å². The smallest absolute Gasteiger partial charge is 0.138 e. The molecular weight excluding hydrogens is 210 g/mol. The van der Waals surface area contributed by atoms with E-state index in [-0.39, 0.29) is 5.92 Å². The Morgan fingerprint density at radius 3 is 2.53 bits per heavy atom. The van der Waals surface area contributed by atoms with Crippen molar-refractivity contribution in [1.82, 2.24) is 4.90 Å². The zero-order chi connectivity index (χ0) is 12.5. The summed E-state index contributed by atoms with van der Waals surface area (Å²) in [5.41, 5.74) is 0.564. The maximum atomic E-state index is 11.7. The highest BCUT2D eigenvalue weighted by atomic mass is 16.1. The summed E-state index contributed by atoms with van der Waals surface area (Å²) >= 11 is 0. The van der Waals surface area contributed by atoms with Crippen molar-refractivity contribution in [2.45, 2.75) is 65.3 Å². The lowest BCUT2D eigenvalue weighted by molar-refractivity contribution is -0.128. The summed E-state index contributed by atoms with van der Waals surface area (Å²) in [5.74, 6) is 0.699. The molecule has 2 atom stereocenters. The molecule has 2 aliphatic rings. The second kappa shape index (κ2) is 5.09. The topological polar surface area (TPSA) is 20.3 Å². The molecule has 1 saturated heterocycles. The largest absolute Gasteiger partial charge is 0.299 e. The average Bonchev–Trinajstić information content (AvgIpc) is 2.79. The molecule has 0 aromatic rings. The molecule has 2 unspecified atom stereocenters. The molecule has 0 spiro atoms. The lowest BCUT2D eigenvalue weighted by Gasteiger charge is -2.42. The summed E-state index contributed by atoms with van der Waals surface area (Å²) in [6.45, 7) is 8.90. The van der Waals surface area contributed by atoms with Crippen LogP contribution in [0.2, 0.25) is 0 Å². The van der Waals surface area contributed by atoms with Gasteiger partial charge in [-0.2, -0.15) is 0 Å². The lowest BCUT2D eigenvalue weighted by atomic mass is 9.80. The first-order valence-electron chi connectivity index (χ1n) is 7.35. The molecule has 0 radical (unpaired) electrons. The Hall–Kier alpha value is -0.370. The molecule has 0 amide bonds. The van der Waals surface area contributed by atoms with Gasteiger partial charge in [0.15, 0.2) is 0 Å². The fraction of sp³-hybridized carbons (Fsp3) is 0.933. The van der Waals surface area contributed by atoms with Crippen LogP contribution >= 0.6 is 0 Å². The highest BCUT2D eigenvalue weighted by molar-refractivity contribution is 5.82. The molecule has 0 aromatic heterocycles. The van der Waals surface area contributed by atoms with Gasteiger partial charge in [-0.15, -0.1) is 0 Å². The maximum absolute atomic E-state index is 11.7. The summed E-state index contributed by atoms with van der Waals surface area (Å²) in [7, 11) is 0. The molecule has 2 fully saturated rings. The van der Waals surface area contributed by atoms with Crippen molar-refractivity contribution in [3.05, 3.63) is 0 Å². The minimum absolute atomic E-state index is 0.235. The van der Waals surface area contributed by atoms with E-state index in [1.807, 2.05) is 0 Å². The Bertz CT molecular complexity index is 281. The summed E-state index contributed by atoms with van der Waals surface area (Å²) in [6.07, 6.45) is 7.68. The van der Waals surface area contributed by atoms with Gasteiger partial charge in [0.2, 0.25) is 0 Å². The fourth-order valence-electron chi connectivity index (χ4n) is 3.67. The van der Waals surface area contributed by atoms with Crippen LogP contribution in [0.1, 0.15) is 59.3 Å². The Kier molecular flexibility index (Phi) is 3.92. The molecule has 17 heavy (non-hydrogen) atoms. The van der Waals surface area contributed by atoms with Crippen LogP contribution in [-0.4, -0.2) is 29.8 Å². The maximum Gasteiger partial charge on any atom is 0.138 e. The zero-order valence-electron chi connectivity index (χ0n) is 11.7. The third-order valence-corrected chi connectivity index (χ3v) is 5.41. The molecule has 0 aromatic carbocycles. The van der Waals surface area contributed by atoms with Gasteiger partial charge in [-0.25, -0.2) is 0 Å². The van der Waals surface area contributed by atoms with Crippen molar-refractivity contribution in [2.75, 3.05) is 13.1 Å². The van der Waals surface area contributed by atoms with Gasteiger partial charge >= 0.3 is 0 Å². The number of nitrogens with zero attached hydrogens (tertiary/aromatic N) is 1. The van der Waals surface area contributed by atoms with Gasteiger partial charge in [-0.3, -0.25) is 9.69 Å². The molecule has 98 valence electrons. The molecule has 0 N–H and O–H groups in total. The first-order chi connectivity index (χ1) is 8.08. The zero-order valence-corrected chi connectivity index (χ0v) is 11.7. The van der Waals surface area contributed by atoms with Crippen LogP contribution in [0.4, 0.5) is 0 Å². The molecular formula is C15H27NO. The van der Waals surface area contributed by atoms with Crippen LogP contribution in [0.15, 0.2) is 0 Å². The van der Waals surface area contributed by atoms with E-state index in [0.29, 0.717) is 17.2 Å². The van der Waals surface area contributed by atoms with Crippen LogP contribution in [0.25, 0.3) is 0 Å². The monoisotopic (exact) mass is 237 g/mol. The van der Waals surface area contributed by atoms with E-state index in [1.165, 1.54) is 38.6 Å². The standard InChI is InChI=1S/C15H27NO/c1-4-15(8-5-6-9-15)11-16-10-7-14(17)12(2)13(16)3/h12-13H,4-11H2,1-3H3. The van der Waals surface area contributed by atoms with Crippen molar-refractivity contribution >= 4 is 5.78 Å². The van der Waals surface area contributed by atoms with Crippen molar-refractivity contribution in [3.8, 4) is 0 Å². The van der Waals surface area contributed by atoms with E-state index in [0.717, 1.165) is 13.0 Å². The Morgan fingerprint density at radius 2 is 1.94 bits per heavy atom. The molecule has 2 nitrogen and oxygen atoms in total. The number of carbonyl (C=O) groups excluding carboxylic acids is 1. The number of carbonyl (C=O) groups is 1. The van der Waals surface area contributed by atoms with Gasteiger partial charge in [-0.1, -0.05) is 26.7 Å². The summed E-state index contributed by atoms with van der Waals surface area (Å²) in [4.78, 5) is 14.3. The molecule has 1 saturated carbocycles. The molecule has 1 heterocycles. The Morgan fingerprint density at radius 1 is 1.29 bits per heavy atom. The molecule has 1 aliphatic carbocycles. The van der Waals surface area contributed by atoms with E-state index >= 15 is 0 Å². The molecule has 1 aliphatic heterocycles. The first kappa shape index (κ1) is 13.1. The number of rotatable bonds is 3. The van der Waals surface area contributed by atoms with Gasteiger partial charge < -0.3 is 0 Å². The van der Waals surface area contributed by atoms with Crippen molar-refractivity contribution < 1.29 is 4.79 Å². The van der Waals surface area contributed by atoms with Gasteiger partial charge in [0.1, 0.15) is 5.78 Å². The van der Waals surface area contributed by atoms with Crippen molar-refractivity contribution in [3.63, 3.8) is 0 Å². The van der Waals surface area contributed by atoms with E-state index in [2.05, 4.69) is 25.7 Å². The highest BCUT2D eigenvalue weighted by Crippen LogP contribution is 2.42. The first-order valence-corrected chi connectivity index (χ1v) is 7.35. The second-order valence-corrected chi connectivity index (χ2v) is 6.28. The van der Waals surface area contributed by atoms with E-state index in [4.69, 9.17) is 0 Å². The number of ketones is 1. The SMILES string of the molecule is CCC1(CN2CCC(=O)C(C)C2C)CCCC1. The third-order valence-electron chi connectivity index (χ3n) is 5.41. The highest BCUT2D eigenvalue weighted by Gasteiger charge is 2.38. The average molecular weight is 237 g/mol. The predicted octanol–water partition coefficient (Wildman–Crippen LogP) is 3.26. The predicted molar refractivity (Wildman–Crippen MR) is 71.0 cm³/mol. The van der Waals surface area contributed by atoms with Crippen LogP contribution in [0.5, 0.6) is 0 Å². The minimum atomic E-state index is 0.235. The minimum Gasteiger partial charge on any atom is -0.299 e. The summed E-state index contributed by atoms with van der Waals surface area (Å²) in [5, 5.41) is 0. The number of Topliss-reactive ketones (excluding diaryl/α,β-unsaturated/α-hetero) is 1. The fourth-order valence-corrected chi connectivity index (χ4v) is 3.67. The van der Waals surface area contributed by atoms with Crippen LogP contribution in [-0.2, 0) is 4.79 Å². The van der Waals surface area contributed by atoms with Gasteiger partial charge in [0, 0.05) is 31.5 Å². The number of hydrogen-bond acceptors (Lipinski definition) is 2. The van der Waals surface area contributed by atoms with Crippen LogP contribution in [0, 0.1) is 11.3 Å². The van der Waals surface area contributed by atoms with Gasteiger partial charge in [0.05, 0.1) is 0 Å². The molecule has 2 heteroatoms.